The molecule has 0 unspecified atom stereocenters. The zero-order chi connectivity index (χ0) is 30.5. The first-order valence-electron chi connectivity index (χ1n) is 15.3. The van der Waals surface area contributed by atoms with Crippen LogP contribution in [-0.4, -0.2) is 24.9 Å². The molecule has 0 saturated heterocycles. The lowest BCUT2D eigenvalue weighted by atomic mass is 9.94. The lowest BCUT2D eigenvalue weighted by Crippen LogP contribution is -1.98. The van der Waals surface area contributed by atoms with Crippen LogP contribution in [0.25, 0.3) is 88.8 Å². The van der Waals surface area contributed by atoms with Crippen LogP contribution in [0.4, 0.5) is 0 Å². The number of para-hydroxylation sites is 1. The predicted octanol–water partition coefficient (Wildman–Crippen LogP) is 9.94. The summed E-state index contributed by atoms with van der Waals surface area (Å²) in [6.45, 7) is 0. The van der Waals surface area contributed by atoms with E-state index >= 15 is 0 Å². The Balaban J connectivity index is 1.32. The fourth-order valence-corrected chi connectivity index (χ4v) is 6.31. The van der Waals surface area contributed by atoms with Gasteiger partial charge in [0.2, 0.25) is 0 Å². The van der Waals surface area contributed by atoms with Crippen LogP contribution in [0.3, 0.4) is 0 Å². The average Bonchev–Trinajstić information content (AvgIpc) is 3.14. The van der Waals surface area contributed by atoms with E-state index in [1.165, 1.54) is 0 Å². The number of nitrogens with zero attached hydrogens (tertiary/aromatic N) is 5. The maximum atomic E-state index is 5.35. The molecule has 0 N–H and O–H groups in total. The Kier molecular flexibility index (Phi) is 6.06. The molecular formula is C41H25N5. The summed E-state index contributed by atoms with van der Waals surface area (Å²) in [6, 6.07) is 49.7. The smallest absolute Gasteiger partial charge is 0.161 e. The van der Waals surface area contributed by atoms with Crippen molar-refractivity contribution in [2.75, 3.05) is 0 Å². The standard InChI is InChI=1S/C41H25N5/c1-2-11-27(12-3-1)38-31-14-6-7-15-33(31)45-41(46-38)32-22-19-26-10-4-5-13-30(26)37(32)36-24-21-29-18-17-28-20-23-35(34-16-8-9-25-42-34)43-39(28)40(29)44-36/h1-25H. The minimum atomic E-state index is 0.661. The monoisotopic (exact) mass is 587 g/mol. The lowest BCUT2D eigenvalue weighted by Gasteiger charge is -2.15. The molecule has 4 heterocycles. The highest BCUT2D eigenvalue weighted by atomic mass is 14.9. The predicted molar refractivity (Wildman–Crippen MR) is 187 cm³/mol. The van der Waals surface area contributed by atoms with Crippen molar-refractivity contribution in [3.05, 3.63) is 152 Å². The summed E-state index contributed by atoms with van der Waals surface area (Å²) < 4.78 is 0. The van der Waals surface area contributed by atoms with Gasteiger partial charge in [-0.25, -0.2) is 19.9 Å². The molecule has 5 heteroatoms. The fourth-order valence-electron chi connectivity index (χ4n) is 6.31. The molecule has 5 nitrogen and oxygen atoms in total. The second-order valence-electron chi connectivity index (χ2n) is 11.3. The second-order valence-corrected chi connectivity index (χ2v) is 11.3. The summed E-state index contributed by atoms with van der Waals surface area (Å²) in [7, 11) is 0. The summed E-state index contributed by atoms with van der Waals surface area (Å²) >= 11 is 0. The molecule has 0 fully saturated rings. The molecule has 0 radical (unpaired) electrons. The molecule has 46 heavy (non-hydrogen) atoms. The maximum absolute atomic E-state index is 5.35. The molecule has 0 amide bonds. The van der Waals surface area contributed by atoms with E-state index < -0.39 is 0 Å². The Morgan fingerprint density at radius 1 is 0.391 bits per heavy atom. The van der Waals surface area contributed by atoms with E-state index in [2.05, 4.69) is 96.0 Å². The summed E-state index contributed by atoms with van der Waals surface area (Å²) in [4.78, 5) is 25.3. The molecule has 0 aliphatic carbocycles. The SMILES string of the molecule is c1ccc(-c2nc(-c3ccc4ccccc4c3-c3ccc4ccc5ccc(-c6ccccn6)nc5c4n3)nc3ccccc23)cc1. The number of hydrogen-bond donors (Lipinski definition) is 0. The van der Waals surface area contributed by atoms with Gasteiger partial charge in [-0.15, -0.1) is 0 Å². The van der Waals surface area contributed by atoms with Gasteiger partial charge in [0, 0.05) is 39.0 Å². The largest absolute Gasteiger partial charge is 0.255 e. The quantitative estimate of drug-likeness (QED) is 0.192. The van der Waals surface area contributed by atoms with Crippen molar-refractivity contribution >= 4 is 43.5 Å². The van der Waals surface area contributed by atoms with Gasteiger partial charge >= 0.3 is 0 Å². The molecule has 0 aliphatic rings. The maximum Gasteiger partial charge on any atom is 0.161 e. The first kappa shape index (κ1) is 26.1. The van der Waals surface area contributed by atoms with E-state index in [0.29, 0.717) is 5.82 Å². The normalized spacial score (nSPS) is 11.5. The summed E-state index contributed by atoms with van der Waals surface area (Å²) in [6.07, 6.45) is 1.79. The minimum absolute atomic E-state index is 0.661. The van der Waals surface area contributed by atoms with Crippen molar-refractivity contribution in [2.24, 2.45) is 0 Å². The van der Waals surface area contributed by atoms with Gasteiger partial charge in [-0.3, -0.25) is 4.98 Å². The first-order valence-corrected chi connectivity index (χ1v) is 15.3. The van der Waals surface area contributed by atoms with Gasteiger partial charge in [-0.05, 0) is 47.2 Å². The van der Waals surface area contributed by atoms with E-state index in [1.807, 2.05) is 54.6 Å². The molecule has 0 saturated carbocycles. The third kappa shape index (κ3) is 4.37. The van der Waals surface area contributed by atoms with Crippen LogP contribution in [-0.2, 0) is 0 Å². The van der Waals surface area contributed by atoms with Crippen molar-refractivity contribution in [3.8, 4) is 45.3 Å². The topological polar surface area (TPSA) is 64.5 Å². The number of hydrogen-bond acceptors (Lipinski definition) is 5. The Morgan fingerprint density at radius 3 is 1.85 bits per heavy atom. The highest BCUT2D eigenvalue weighted by Crippen LogP contribution is 2.39. The van der Waals surface area contributed by atoms with E-state index in [9.17, 15) is 0 Å². The van der Waals surface area contributed by atoms with E-state index in [-0.39, 0.29) is 0 Å². The molecule has 9 aromatic rings. The van der Waals surface area contributed by atoms with Gasteiger partial charge in [0.1, 0.15) is 0 Å². The highest BCUT2D eigenvalue weighted by molar-refractivity contribution is 6.07. The molecule has 0 aliphatic heterocycles. The fraction of sp³-hybridized carbons (Fsp3) is 0. The van der Waals surface area contributed by atoms with Crippen molar-refractivity contribution < 1.29 is 0 Å². The number of aromatic nitrogens is 5. The number of rotatable bonds is 4. The lowest BCUT2D eigenvalue weighted by molar-refractivity contribution is 1.23. The van der Waals surface area contributed by atoms with Gasteiger partial charge in [-0.1, -0.05) is 109 Å². The van der Waals surface area contributed by atoms with Crippen LogP contribution < -0.4 is 0 Å². The molecule has 5 aromatic carbocycles. The highest BCUT2D eigenvalue weighted by Gasteiger charge is 2.19. The Bertz CT molecular complexity index is 2580. The van der Waals surface area contributed by atoms with Crippen LogP contribution in [0.15, 0.2) is 152 Å². The van der Waals surface area contributed by atoms with E-state index in [1.54, 1.807) is 6.20 Å². The van der Waals surface area contributed by atoms with Crippen molar-refractivity contribution in [2.45, 2.75) is 0 Å². The summed E-state index contributed by atoms with van der Waals surface area (Å²) in [5.74, 6) is 0.661. The number of pyridine rings is 3. The molecular weight excluding hydrogens is 562 g/mol. The number of fused-ring (bicyclic) bond motifs is 5. The van der Waals surface area contributed by atoms with Crippen molar-refractivity contribution in [1.82, 2.24) is 24.9 Å². The minimum Gasteiger partial charge on any atom is -0.255 e. The zero-order valence-corrected chi connectivity index (χ0v) is 24.7. The Morgan fingerprint density at radius 2 is 1.04 bits per heavy atom. The van der Waals surface area contributed by atoms with Gasteiger partial charge in [0.25, 0.3) is 0 Å². The van der Waals surface area contributed by atoms with Crippen LogP contribution in [0.2, 0.25) is 0 Å². The Hall–Kier alpha value is -6.33. The molecule has 4 aromatic heterocycles. The van der Waals surface area contributed by atoms with Crippen LogP contribution in [0, 0.1) is 0 Å². The van der Waals surface area contributed by atoms with Gasteiger partial charge in [0.15, 0.2) is 5.82 Å². The molecule has 0 atom stereocenters. The molecule has 0 spiro atoms. The zero-order valence-electron chi connectivity index (χ0n) is 24.7. The van der Waals surface area contributed by atoms with Gasteiger partial charge in [0.05, 0.1) is 39.3 Å². The van der Waals surface area contributed by atoms with Gasteiger partial charge in [-0.2, -0.15) is 0 Å². The van der Waals surface area contributed by atoms with E-state index in [4.69, 9.17) is 19.9 Å². The summed E-state index contributed by atoms with van der Waals surface area (Å²) in [5, 5.41) is 5.29. The first-order chi connectivity index (χ1) is 22.8. The average molecular weight is 588 g/mol. The molecule has 9 rings (SSSR count). The third-order valence-electron chi connectivity index (χ3n) is 8.52. The van der Waals surface area contributed by atoms with Crippen molar-refractivity contribution in [1.29, 1.82) is 0 Å². The van der Waals surface area contributed by atoms with Crippen LogP contribution in [0.1, 0.15) is 0 Å². The van der Waals surface area contributed by atoms with Gasteiger partial charge < -0.3 is 0 Å². The molecule has 214 valence electrons. The second kappa shape index (κ2) is 10.7. The van der Waals surface area contributed by atoms with Crippen LogP contribution in [0.5, 0.6) is 0 Å². The number of benzene rings is 5. The third-order valence-corrected chi connectivity index (χ3v) is 8.52. The van der Waals surface area contributed by atoms with E-state index in [0.717, 1.165) is 82.9 Å². The summed E-state index contributed by atoms with van der Waals surface area (Å²) in [5.41, 5.74) is 8.95. The molecule has 0 bridgehead atoms. The van der Waals surface area contributed by atoms with Crippen molar-refractivity contribution in [3.63, 3.8) is 0 Å². The van der Waals surface area contributed by atoms with Crippen LogP contribution >= 0.6 is 0 Å². The Labute approximate surface area is 264 Å².